The first-order chi connectivity index (χ1) is 12.0. The maximum atomic E-state index is 12.2. The van der Waals surface area contributed by atoms with Crippen LogP contribution in [0.25, 0.3) is 0 Å². The van der Waals surface area contributed by atoms with Gasteiger partial charge in [0.1, 0.15) is 6.04 Å². The molecule has 5 heteroatoms. The van der Waals surface area contributed by atoms with Gasteiger partial charge in [0.05, 0.1) is 6.61 Å². The molecule has 0 aromatic rings. The zero-order chi connectivity index (χ0) is 20.0. The first kappa shape index (κ1) is 23.6. The van der Waals surface area contributed by atoms with Gasteiger partial charge in [0.2, 0.25) is 0 Å². The van der Waals surface area contributed by atoms with Gasteiger partial charge in [0.25, 0.3) is 0 Å². The van der Waals surface area contributed by atoms with Crippen molar-refractivity contribution in [3.8, 4) is 0 Å². The van der Waals surface area contributed by atoms with E-state index in [1.807, 2.05) is 6.92 Å². The van der Waals surface area contributed by atoms with Crippen LogP contribution in [0.3, 0.4) is 0 Å². The summed E-state index contributed by atoms with van der Waals surface area (Å²) in [6.45, 7) is 18.3. The SMILES string of the molecule is CCCCC[C@]1(CC(C)O[Si](C)(C)C(C)(C)C)CC[C@@H](C(=O)OCC)N1. The van der Waals surface area contributed by atoms with Gasteiger partial charge < -0.3 is 9.16 Å². The number of hydrogen-bond acceptors (Lipinski definition) is 4. The average molecular weight is 386 g/mol. The minimum atomic E-state index is -1.78. The highest BCUT2D eigenvalue weighted by Crippen LogP contribution is 2.40. The number of esters is 1. The lowest BCUT2D eigenvalue weighted by molar-refractivity contribution is -0.145. The molecule has 0 spiro atoms. The van der Waals surface area contributed by atoms with E-state index in [0.717, 1.165) is 25.7 Å². The van der Waals surface area contributed by atoms with E-state index >= 15 is 0 Å². The maximum absolute atomic E-state index is 12.2. The summed E-state index contributed by atoms with van der Waals surface area (Å²) < 4.78 is 11.9. The topological polar surface area (TPSA) is 47.6 Å². The number of hydrogen-bond donors (Lipinski definition) is 1. The lowest BCUT2D eigenvalue weighted by Gasteiger charge is -2.41. The highest BCUT2D eigenvalue weighted by molar-refractivity contribution is 6.74. The summed E-state index contributed by atoms with van der Waals surface area (Å²) in [5, 5.41) is 3.88. The maximum Gasteiger partial charge on any atom is 0.323 e. The van der Waals surface area contributed by atoms with Crippen LogP contribution in [0.2, 0.25) is 18.1 Å². The van der Waals surface area contributed by atoms with E-state index in [1.54, 1.807) is 0 Å². The zero-order valence-electron chi connectivity index (χ0n) is 18.5. The van der Waals surface area contributed by atoms with E-state index in [9.17, 15) is 4.79 Å². The van der Waals surface area contributed by atoms with Crippen LogP contribution in [0.5, 0.6) is 0 Å². The molecule has 1 rings (SSSR count). The van der Waals surface area contributed by atoms with Crippen molar-refractivity contribution in [3.05, 3.63) is 0 Å². The largest absolute Gasteiger partial charge is 0.465 e. The molecule has 0 aromatic heterocycles. The molecular formula is C21H43NO3Si. The Morgan fingerprint density at radius 2 is 1.92 bits per heavy atom. The molecular weight excluding hydrogens is 342 g/mol. The molecule has 1 heterocycles. The Kier molecular flexibility index (Phi) is 8.82. The molecule has 0 aromatic carbocycles. The van der Waals surface area contributed by atoms with Crippen LogP contribution in [0.4, 0.5) is 0 Å². The van der Waals surface area contributed by atoms with Crippen LogP contribution in [-0.2, 0) is 14.0 Å². The van der Waals surface area contributed by atoms with Crippen molar-refractivity contribution in [2.75, 3.05) is 6.61 Å². The molecule has 0 amide bonds. The summed E-state index contributed by atoms with van der Waals surface area (Å²) in [5.41, 5.74) is 0.00831. The molecule has 3 atom stereocenters. The van der Waals surface area contributed by atoms with Gasteiger partial charge in [-0.25, -0.2) is 0 Å². The van der Waals surface area contributed by atoms with Crippen LogP contribution in [-0.4, -0.2) is 38.6 Å². The second-order valence-electron chi connectivity index (χ2n) is 9.62. The molecule has 1 N–H and O–H groups in total. The Bertz CT molecular complexity index is 447. The molecule has 1 saturated heterocycles. The Morgan fingerprint density at radius 1 is 1.27 bits per heavy atom. The Balaban J connectivity index is 2.79. The van der Waals surface area contributed by atoms with Crippen molar-refractivity contribution < 1.29 is 14.0 Å². The first-order valence-corrected chi connectivity index (χ1v) is 13.5. The van der Waals surface area contributed by atoms with Gasteiger partial charge in [-0.2, -0.15) is 0 Å². The number of carbonyl (C=O) groups is 1. The van der Waals surface area contributed by atoms with Gasteiger partial charge in [-0.15, -0.1) is 0 Å². The highest BCUT2D eigenvalue weighted by Gasteiger charge is 2.44. The summed E-state index contributed by atoms with van der Waals surface area (Å²) in [6, 6.07) is -0.156. The van der Waals surface area contributed by atoms with Crippen molar-refractivity contribution >= 4 is 14.3 Å². The molecule has 1 unspecified atom stereocenters. The molecule has 0 radical (unpaired) electrons. The van der Waals surface area contributed by atoms with Crippen LogP contribution < -0.4 is 5.32 Å². The van der Waals surface area contributed by atoms with Gasteiger partial charge in [-0.05, 0) is 57.7 Å². The predicted octanol–water partition coefficient (Wildman–Crippen LogP) is 5.42. The van der Waals surface area contributed by atoms with Gasteiger partial charge >= 0.3 is 5.97 Å². The molecule has 4 nitrogen and oxygen atoms in total. The molecule has 0 bridgehead atoms. The van der Waals surface area contributed by atoms with E-state index in [0.29, 0.717) is 6.61 Å². The summed E-state index contributed by atoms with van der Waals surface area (Å²) in [7, 11) is -1.78. The van der Waals surface area contributed by atoms with E-state index in [4.69, 9.17) is 9.16 Å². The van der Waals surface area contributed by atoms with Gasteiger partial charge in [-0.3, -0.25) is 10.1 Å². The van der Waals surface area contributed by atoms with E-state index in [1.165, 1.54) is 19.3 Å². The smallest absolute Gasteiger partial charge is 0.323 e. The number of unbranched alkanes of at least 4 members (excludes halogenated alkanes) is 2. The summed E-state index contributed by atoms with van der Waals surface area (Å²) in [6.07, 6.45) is 7.85. The Labute approximate surface area is 162 Å². The number of rotatable bonds is 10. The van der Waals surface area contributed by atoms with Gasteiger partial charge in [-0.1, -0.05) is 47.0 Å². The average Bonchev–Trinajstić information content (AvgIpc) is 2.90. The second-order valence-corrected chi connectivity index (χ2v) is 14.4. The van der Waals surface area contributed by atoms with Crippen molar-refractivity contribution in [3.63, 3.8) is 0 Å². The fourth-order valence-corrected chi connectivity index (χ4v) is 5.24. The fraction of sp³-hybridized carbons (Fsp3) is 0.952. The van der Waals surface area contributed by atoms with E-state index in [-0.39, 0.29) is 28.7 Å². The quantitative estimate of drug-likeness (QED) is 0.310. The van der Waals surface area contributed by atoms with Crippen molar-refractivity contribution in [2.24, 2.45) is 0 Å². The zero-order valence-corrected chi connectivity index (χ0v) is 19.5. The normalized spacial score (nSPS) is 25.3. The third-order valence-corrected chi connectivity index (χ3v) is 10.8. The molecule has 26 heavy (non-hydrogen) atoms. The van der Waals surface area contributed by atoms with Crippen LogP contribution in [0.1, 0.15) is 86.5 Å². The molecule has 0 saturated carbocycles. The first-order valence-electron chi connectivity index (χ1n) is 10.6. The van der Waals surface area contributed by atoms with E-state index in [2.05, 4.69) is 53.0 Å². The summed E-state index contributed by atoms with van der Waals surface area (Å²) >= 11 is 0. The number of ether oxygens (including phenoxy) is 1. The highest BCUT2D eigenvalue weighted by atomic mass is 28.4. The van der Waals surface area contributed by atoms with Crippen LogP contribution in [0, 0.1) is 0 Å². The van der Waals surface area contributed by atoms with E-state index < -0.39 is 8.32 Å². The molecule has 1 aliphatic rings. The third kappa shape index (κ3) is 6.65. The standard InChI is InChI=1S/C21H43NO3Si/c1-9-11-12-14-21(15-13-18(22-21)19(23)24-10-2)16-17(3)25-26(7,8)20(4,5)6/h17-18,22H,9-16H2,1-8H3/t17?,18-,21+/m0/s1. The van der Waals surface area contributed by atoms with Gasteiger partial charge in [0.15, 0.2) is 8.32 Å². The molecule has 1 fully saturated rings. The lowest BCUT2D eigenvalue weighted by Crippen LogP contribution is -2.50. The van der Waals surface area contributed by atoms with Crippen molar-refractivity contribution in [1.82, 2.24) is 5.32 Å². The fourth-order valence-electron chi connectivity index (χ4n) is 3.80. The number of carbonyl (C=O) groups excluding carboxylic acids is 1. The van der Waals surface area contributed by atoms with Crippen molar-refractivity contribution in [1.29, 1.82) is 0 Å². The minimum Gasteiger partial charge on any atom is -0.465 e. The van der Waals surface area contributed by atoms with Crippen LogP contribution >= 0.6 is 0 Å². The molecule has 154 valence electrons. The predicted molar refractivity (Wildman–Crippen MR) is 112 cm³/mol. The third-order valence-electron chi connectivity index (χ3n) is 6.20. The number of nitrogens with one attached hydrogen (secondary N) is 1. The summed E-state index contributed by atoms with van der Waals surface area (Å²) in [5.74, 6) is -0.0946. The lowest BCUT2D eigenvalue weighted by atomic mass is 9.85. The monoisotopic (exact) mass is 385 g/mol. The Hall–Kier alpha value is -0.393. The second kappa shape index (κ2) is 9.70. The Morgan fingerprint density at radius 3 is 2.46 bits per heavy atom. The minimum absolute atomic E-state index is 0.00831. The molecule has 1 aliphatic heterocycles. The van der Waals surface area contributed by atoms with Gasteiger partial charge in [0, 0.05) is 11.6 Å². The van der Waals surface area contributed by atoms with Crippen LogP contribution in [0.15, 0.2) is 0 Å². The molecule has 0 aliphatic carbocycles. The van der Waals surface area contributed by atoms with Crippen molar-refractivity contribution in [2.45, 2.75) is 122 Å². The summed E-state index contributed by atoms with van der Waals surface area (Å²) in [4.78, 5) is 12.2.